The van der Waals surface area contributed by atoms with E-state index in [1.54, 1.807) is 0 Å². The van der Waals surface area contributed by atoms with Crippen molar-refractivity contribution in [1.82, 2.24) is 15.5 Å². The largest absolute Gasteiger partial charge is 0.381 e. The number of guanidine groups is 1. The third kappa shape index (κ3) is 10.6. The van der Waals surface area contributed by atoms with Crippen LogP contribution in [0, 0.1) is 11.8 Å². The fourth-order valence-electron chi connectivity index (χ4n) is 3.82. The van der Waals surface area contributed by atoms with E-state index in [2.05, 4.69) is 34.4 Å². The van der Waals surface area contributed by atoms with Crippen LogP contribution in [-0.4, -0.2) is 76.6 Å². The van der Waals surface area contributed by atoms with E-state index in [1.807, 2.05) is 0 Å². The van der Waals surface area contributed by atoms with Crippen LogP contribution >= 0.6 is 0 Å². The zero-order valence-electron chi connectivity index (χ0n) is 18.4. The molecule has 0 radical (unpaired) electrons. The number of nitrogens with zero attached hydrogens (tertiary/aromatic N) is 2. The Bertz CT molecular complexity index is 405. The first-order chi connectivity index (χ1) is 13.8. The van der Waals surface area contributed by atoms with Crippen molar-refractivity contribution in [2.45, 2.75) is 58.8 Å². The molecule has 0 aromatic heterocycles. The van der Waals surface area contributed by atoms with Gasteiger partial charge in [-0.25, -0.2) is 0 Å². The summed E-state index contributed by atoms with van der Waals surface area (Å²) in [7, 11) is 0. The molecule has 2 rings (SSSR count). The summed E-state index contributed by atoms with van der Waals surface area (Å²) in [6.07, 6.45) is 8.47. The van der Waals surface area contributed by atoms with Gasteiger partial charge in [-0.15, -0.1) is 0 Å². The molecule has 6 nitrogen and oxygen atoms in total. The Morgan fingerprint density at radius 2 is 1.86 bits per heavy atom. The first kappa shape index (κ1) is 23.4. The van der Waals surface area contributed by atoms with E-state index in [4.69, 9.17) is 9.47 Å². The molecule has 6 heteroatoms. The van der Waals surface area contributed by atoms with Crippen molar-refractivity contribution < 1.29 is 9.47 Å². The van der Waals surface area contributed by atoms with E-state index in [1.165, 1.54) is 45.3 Å². The Kier molecular flexibility index (Phi) is 12.6. The lowest BCUT2D eigenvalue weighted by Gasteiger charge is -2.30. The second kappa shape index (κ2) is 15.1. The van der Waals surface area contributed by atoms with Crippen molar-refractivity contribution in [1.29, 1.82) is 0 Å². The van der Waals surface area contributed by atoms with Gasteiger partial charge in [-0.2, -0.15) is 0 Å². The fraction of sp³-hybridized carbons (Fsp3) is 0.955. The van der Waals surface area contributed by atoms with Gasteiger partial charge in [0, 0.05) is 46.1 Å². The summed E-state index contributed by atoms with van der Waals surface area (Å²) < 4.78 is 11.2. The Hall–Kier alpha value is -0.850. The summed E-state index contributed by atoms with van der Waals surface area (Å²) in [6, 6.07) is 0. The summed E-state index contributed by atoms with van der Waals surface area (Å²) in [4.78, 5) is 7.30. The van der Waals surface area contributed by atoms with Crippen LogP contribution < -0.4 is 10.6 Å². The molecule has 0 aromatic carbocycles. The van der Waals surface area contributed by atoms with Crippen LogP contribution in [0.5, 0.6) is 0 Å². The third-order valence-electron chi connectivity index (χ3n) is 5.83. The van der Waals surface area contributed by atoms with Crippen molar-refractivity contribution in [2.75, 3.05) is 65.7 Å². The van der Waals surface area contributed by atoms with Gasteiger partial charge in [0.2, 0.25) is 0 Å². The lowest BCUT2D eigenvalue weighted by molar-refractivity contribution is 0.0205. The summed E-state index contributed by atoms with van der Waals surface area (Å²) in [6.45, 7) is 14.5. The summed E-state index contributed by atoms with van der Waals surface area (Å²) >= 11 is 0. The number of piperidine rings is 1. The molecule has 0 saturated carbocycles. The first-order valence-electron chi connectivity index (χ1n) is 11.7. The standard InChI is InChI=1S/C22H44N4O2/c1-3-23-22(24-11-4-5-13-26-14-7-20(2)8-15-26)25-12-6-16-28-19-21-9-17-27-18-10-21/h20-21H,3-19H2,1-2H3,(H2,23,24,25). The molecule has 0 amide bonds. The average molecular weight is 397 g/mol. The summed E-state index contributed by atoms with van der Waals surface area (Å²) in [5.74, 6) is 2.55. The molecule has 2 aliphatic heterocycles. The average Bonchev–Trinajstić information content (AvgIpc) is 2.72. The maximum absolute atomic E-state index is 5.82. The predicted octanol–water partition coefficient (Wildman–Crippen LogP) is 2.89. The molecule has 2 heterocycles. The van der Waals surface area contributed by atoms with E-state index < -0.39 is 0 Å². The lowest BCUT2D eigenvalue weighted by atomic mass is 9.99. The zero-order chi connectivity index (χ0) is 19.9. The van der Waals surface area contributed by atoms with Gasteiger partial charge in [-0.05, 0) is 83.3 Å². The molecular weight excluding hydrogens is 352 g/mol. The molecular formula is C22H44N4O2. The van der Waals surface area contributed by atoms with E-state index >= 15 is 0 Å². The Morgan fingerprint density at radius 1 is 1.07 bits per heavy atom. The molecule has 2 fully saturated rings. The molecule has 2 aliphatic rings. The molecule has 164 valence electrons. The van der Waals surface area contributed by atoms with E-state index in [9.17, 15) is 0 Å². The van der Waals surface area contributed by atoms with Gasteiger partial charge in [0.05, 0.1) is 0 Å². The van der Waals surface area contributed by atoms with E-state index in [0.29, 0.717) is 5.92 Å². The quantitative estimate of drug-likeness (QED) is 0.302. The summed E-state index contributed by atoms with van der Waals surface area (Å²) in [5.41, 5.74) is 0. The van der Waals surface area contributed by atoms with Crippen LogP contribution in [-0.2, 0) is 9.47 Å². The SMILES string of the molecule is CCNC(=NCCCOCC1CCOCC1)NCCCCN1CCC(C)CC1. The molecule has 0 spiro atoms. The van der Waals surface area contributed by atoms with E-state index in [-0.39, 0.29) is 0 Å². The Labute approximate surface area is 172 Å². The van der Waals surface area contributed by atoms with Gasteiger partial charge in [0.15, 0.2) is 5.96 Å². The van der Waals surface area contributed by atoms with Crippen molar-refractivity contribution >= 4 is 5.96 Å². The van der Waals surface area contributed by atoms with Gasteiger partial charge in [0.1, 0.15) is 0 Å². The normalized spacial score (nSPS) is 20.4. The number of aliphatic imine (C=N–C) groups is 1. The highest BCUT2D eigenvalue weighted by Gasteiger charge is 2.15. The van der Waals surface area contributed by atoms with Crippen LogP contribution in [0.25, 0.3) is 0 Å². The third-order valence-corrected chi connectivity index (χ3v) is 5.83. The molecule has 2 saturated heterocycles. The maximum atomic E-state index is 5.82. The monoisotopic (exact) mass is 396 g/mol. The van der Waals surface area contributed by atoms with Gasteiger partial charge in [-0.1, -0.05) is 6.92 Å². The molecule has 28 heavy (non-hydrogen) atoms. The molecule has 0 aliphatic carbocycles. The minimum Gasteiger partial charge on any atom is -0.381 e. The second-order valence-corrected chi connectivity index (χ2v) is 8.40. The number of unbranched alkanes of at least 4 members (excludes halogenated alkanes) is 1. The Morgan fingerprint density at radius 3 is 2.61 bits per heavy atom. The molecule has 0 unspecified atom stereocenters. The zero-order valence-corrected chi connectivity index (χ0v) is 18.4. The van der Waals surface area contributed by atoms with Crippen LogP contribution in [0.3, 0.4) is 0 Å². The number of ether oxygens (including phenoxy) is 2. The fourth-order valence-corrected chi connectivity index (χ4v) is 3.82. The Balaban J connectivity index is 1.47. The van der Waals surface area contributed by atoms with Crippen LogP contribution in [0.15, 0.2) is 4.99 Å². The summed E-state index contributed by atoms with van der Waals surface area (Å²) in [5, 5.41) is 6.82. The lowest BCUT2D eigenvalue weighted by Crippen LogP contribution is -2.38. The van der Waals surface area contributed by atoms with E-state index in [0.717, 1.165) is 77.2 Å². The van der Waals surface area contributed by atoms with Crippen molar-refractivity contribution in [3.63, 3.8) is 0 Å². The minimum absolute atomic E-state index is 0.685. The van der Waals surface area contributed by atoms with Crippen LogP contribution in [0.1, 0.15) is 58.8 Å². The van der Waals surface area contributed by atoms with Crippen LogP contribution in [0.2, 0.25) is 0 Å². The van der Waals surface area contributed by atoms with Gasteiger partial charge >= 0.3 is 0 Å². The predicted molar refractivity (Wildman–Crippen MR) is 117 cm³/mol. The molecule has 0 bridgehead atoms. The highest BCUT2D eigenvalue weighted by Crippen LogP contribution is 2.16. The van der Waals surface area contributed by atoms with Gasteiger partial charge in [-0.3, -0.25) is 4.99 Å². The highest BCUT2D eigenvalue weighted by atomic mass is 16.5. The smallest absolute Gasteiger partial charge is 0.191 e. The number of rotatable bonds is 12. The highest BCUT2D eigenvalue weighted by molar-refractivity contribution is 5.79. The topological polar surface area (TPSA) is 58.1 Å². The molecule has 2 N–H and O–H groups in total. The second-order valence-electron chi connectivity index (χ2n) is 8.40. The van der Waals surface area contributed by atoms with Crippen LogP contribution in [0.4, 0.5) is 0 Å². The number of nitrogens with one attached hydrogen (secondary N) is 2. The maximum Gasteiger partial charge on any atom is 0.191 e. The number of hydrogen-bond acceptors (Lipinski definition) is 4. The molecule has 0 atom stereocenters. The number of likely N-dealkylation sites (tertiary alicyclic amines) is 1. The van der Waals surface area contributed by atoms with Gasteiger partial charge < -0.3 is 25.0 Å². The van der Waals surface area contributed by atoms with Crippen molar-refractivity contribution in [3.05, 3.63) is 0 Å². The van der Waals surface area contributed by atoms with Crippen molar-refractivity contribution in [2.24, 2.45) is 16.8 Å². The number of hydrogen-bond donors (Lipinski definition) is 2. The minimum atomic E-state index is 0.685. The van der Waals surface area contributed by atoms with Gasteiger partial charge in [0.25, 0.3) is 0 Å². The molecule has 0 aromatic rings. The van der Waals surface area contributed by atoms with Crippen molar-refractivity contribution in [3.8, 4) is 0 Å². The first-order valence-corrected chi connectivity index (χ1v) is 11.7.